The van der Waals surface area contributed by atoms with Gasteiger partial charge in [-0.25, -0.2) is 0 Å². The molecule has 0 atom stereocenters. The first-order valence-corrected chi connectivity index (χ1v) is 9.26. The summed E-state index contributed by atoms with van der Waals surface area (Å²) in [4.78, 5) is 5.06. The van der Waals surface area contributed by atoms with Crippen LogP contribution in [0, 0.1) is 0 Å². The molecule has 3 N–H and O–H groups in total. The zero-order valence-corrected chi connectivity index (χ0v) is 16.6. The normalized spacial score (nSPS) is 12.0. The third-order valence-electron chi connectivity index (χ3n) is 4.61. The predicted octanol–water partition coefficient (Wildman–Crippen LogP) is 5.97. The summed E-state index contributed by atoms with van der Waals surface area (Å²) < 4.78 is 0. The Kier molecular flexibility index (Phi) is 5.24. The summed E-state index contributed by atoms with van der Waals surface area (Å²) in [5.41, 5.74) is 4.05. The van der Waals surface area contributed by atoms with Crippen molar-refractivity contribution in [3.05, 3.63) is 71.4 Å². The van der Waals surface area contributed by atoms with E-state index in [4.69, 9.17) is 0 Å². The number of hydrogen-bond donors (Lipinski definition) is 4. The van der Waals surface area contributed by atoms with Gasteiger partial charge in [0.2, 0.25) is 0 Å². The molecule has 0 spiro atoms. The molecule has 0 saturated heterocycles. The molecule has 0 aliphatic rings. The number of allylic oxidation sites excluding steroid dienone is 1. The maximum atomic E-state index is 10.5. The predicted molar refractivity (Wildman–Crippen MR) is 116 cm³/mol. The van der Waals surface area contributed by atoms with E-state index in [1.165, 1.54) is 6.07 Å². The van der Waals surface area contributed by atoms with Gasteiger partial charge >= 0.3 is 0 Å². The summed E-state index contributed by atoms with van der Waals surface area (Å²) in [5.74, 6) is 0.213. The Bertz CT molecular complexity index is 1030. The van der Waals surface area contributed by atoms with Crippen molar-refractivity contribution in [3.63, 3.8) is 0 Å². The molecule has 0 unspecified atom stereocenters. The molecule has 0 aliphatic carbocycles. The molecule has 3 rings (SSSR count). The number of hydrogen-bond acceptors (Lipinski definition) is 4. The monoisotopic (exact) mass is 380 g/mol. The van der Waals surface area contributed by atoms with E-state index in [0.717, 1.165) is 27.9 Å². The Morgan fingerprint density at radius 3 is 2.52 bits per heavy atom. The van der Waals surface area contributed by atoms with Gasteiger partial charge in [0.1, 0.15) is 11.5 Å². The number of benzene rings is 2. The van der Waals surface area contributed by atoms with Crippen molar-refractivity contribution >= 4 is 34.9 Å². The van der Waals surface area contributed by atoms with Gasteiger partial charge in [-0.3, -0.25) is 0 Å². The summed E-state index contributed by atoms with van der Waals surface area (Å²) >= 11 is 4.50. The van der Waals surface area contributed by atoms with Crippen LogP contribution in [-0.2, 0) is 0 Å². The van der Waals surface area contributed by atoms with Gasteiger partial charge in [0.25, 0.3) is 0 Å². The first-order valence-electron chi connectivity index (χ1n) is 8.81. The first kappa shape index (κ1) is 19.0. The van der Waals surface area contributed by atoms with Crippen LogP contribution in [0.5, 0.6) is 11.5 Å². The summed E-state index contributed by atoms with van der Waals surface area (Å²) in [6.07, 6.45) is 3.80. The van der Waals surface area contributed by atoms with E-state index < -0.39 is 0 Å². The second kappa shape index (κ2) is 7.45. The zero-order chi connectivity index (χ0) is 19.7. The third kappa shape index (κ3) is 3.55. The second-order valence-electron chi connectivity index (χ2n) is 6.76. The Hall–Kier alpha value is -2.79. The molecular formula is C22H24N2O2S. The van der Waals surface area contributed by atoms with Crippen molar-refractivity contribution in [3.8, 4) is 11.5 Å². The largest absolute Gasteiger partial charge is 0.508 e. The second-order valence-corrected chi connectivity index (χ2v) is 7.27. The highest BCUT2D eigenvalue weighted by molar-refractivity contribution is 7.84. The number of phenols is 2. The molecule has 0 amide bonds. The number of H-pyrrole nitrogens is 1. The van der Waals surface area contributed by atoms with Gasteiger partial charge in [-0.15, -0.1) is 12.6 Å². The highest BCUT2D eigenvalue weighted by atomic mass is 32.1. The number of nitrogens with zero attached hydrogens (tertiary/aromatic N) is 1. The van der Waals surface area contributed by atoms with Crippen LogP contribution in [-0.4, -0.2) is 15.2 Å². The average Bonchev–Trinajstić information content (AvgIpc) is 3.07. The van der Waals surface area contributed by atoms with Crippen LogP contribution in [0.2, 0.25) is 0 Å². The standard InChI is InChI=1S/C22H24N2O2S/c1-5-20(18-11-17(13(2)3)21(25)12-22(18)26)24(14(4)27)16-6-7-19-15(10-16)8-9-23-19/h5-13,23,25-27H,4H2,1-3H3/b20-5-. The maximum Gasteiger partial charge on any atom is 0.128 e. The number of fused-ring (bicyclic) bond motifs is 1. The fourth-order valence-corrected chi connectivity index (χ4v) is 3.50. The fraction of sp³-hybridized carbons (Fsp3) is 0.182. The van der Waals surface area contributed by atoms with Crippen molar-refractivity contribution < 1.29 is 10.2 Å². The topological polar surface area (TPSA) is 59.5 Å². The van der Waals surface area contributed by atoms with Crippen LogP contribution in [0.3, 0.4) is 0 Å². The van der Waals surface area contributed by atoms with Gasteiger partial charge in [-0.2, -0.15) is 0 Å². The number of aromatic hydroxyl groups is 2. The smallest absolute Gasteiger partial charge is 0.128 e. The Morgan fingerprint density at radius 1 is 1.15 bits per heavy atom. The van der Waals surface area contributed by atoms with E-state index in [1.807, 2.05) is 68.3 Å². The highest BCUT2D eigenvalue weighted by Gasteiger charge is 2.21. The number of thiol groups is 1. The molecule has 2 aromatic carbocycles. The van der Waals surface area contributed by atoms with Gasteiger partial charge in [-0.1, -0.05) is 26.5 Å². The van der Waals surface area contributed by atoms with E-state index in [-0.39, 0.29) is 17.4 Å². The molecule has 140 valence electrons. The number of phenolic OH excluding ortho intramolecular Hbond substituents is 2. The molecule has 0 bridgehead atoms. The van der Waals surface area contributed by atoms with E-state index in [1.54, 1.807) is 0 Å². The molecular weight excluding hydrogens is 356 g/mol. The van der Waals surface area contributed by atoms with Crippen LogP contribution in [0.1, 0.15) is 37.8 Å². The minimum atomic E-state index is 0.00676. The van der Waals surface area contributed by atoms with E-state index >= 15 is 0 Å². The molecule has 1 heterocycles. The third-order valence-corrected chi connectivity index (χ3v) is 4.81. The number of aromatic amines is 1. The average molecular weight is 381 g/mol. The molecule has 27 heavy (non-hydrogen) atoms. The summed E-state index contributed by atoms with van der Waals surface area (Å²) in [5, 5.41) is 22.3. The fourth-order valence-electron chi connectivity index (χ4n) is 3.27. The van der Waals surface area contributed by atoms with Crippen LogP contribution in [0.15, 0.2) is 60.3 Å². The lowest BCUT2D eigenvalue weighted by atomic mass is 9.97. The number of nitrogens with one attached hydrogen (secondary N) is 1. The summed E-state index contributed by atoms with van der Waals surface area (Å²) in [6, 6.07) is 11.2. The molecule has 0 radical (unpaired) electrons. The van der Waals surface area contributed by atoms with Crippen LogP contribution in [0.4, 0.5) is 5.69 Å². The van der Waals surface area contributed by atoms with Gasteiger partial charge in [0.05, 0.1) is 10.7 Å². The van der Waals surface area contributed by atoms with Crippen molar-refractivity contribution in [1.82, 2.24) is 4.98 Å². The van der Waals surface area contributed by atoms with Crippen molar-refractivity contribution in [2.75, 3.05) is 4.90 Å². The lowest BCUT2D eigenvalue weighted by Gasteiger charge is -2.28. The Balaban J connectivity index is 2.17. The van der Waals surface area contributed by atoms with Crippen LogP contribution < -0.4 is 4.90 Å². The first-order chi connectivity index (χ1) is 12.8. The maximum absolute atomic E-state index is 10.5. The van der Waals surface area contributed by atoms with Crippen molar-refractivity contribution in [1.29, 1.82) is 0 Å². The molecule has 0 saturated carbocycles. The minimum Gasteiger partial charge on any atom is -0.508 e. The van der Waals surface area contributed by atoms with E-state index in [2.05, 4.69) is 24.2 Å². The van der Waals surface area contributed by atoms with E-state index in [9.17, 15) is 10.2 Å². The molecule has 4 nitrogen and oxygen atoms in total. The molecule has 3 aromatic rings. The van der Waals surface area contributed by atoms with Crippen LogP contribution >= 0.6 is 12.6 Å². The Labute approximate surface area is 164 Å². The number of aromatic nitrogens is 1. The van der Waals surface area contributed by atoms with Crippen molar-refractivity contribution in [2.24, 2.45) is 0 Å². The number of anilines is 1. The van der Waals surface area contributed by atoms with E-state index in [0.29, 0.717) is 10.6 Å². The van der Waals surface area contributed by atoms with Crippen LogP contribution in [0.25, 0.3) is 16.6 Å². The van der Waals surface area contributed by atoms with Gasteiger partial charge in [0.15, 0.2) is 0 Å². The lowest BCUT2D eigenvalue weighted by molar-refractivity contribution is 0.443. The highest BCUT2D eigenvalue weighted by Crippen LogP contribution is 2.40. The minimum absolute atomic E-state index is 0.00676. The molecule has 0 aliphatic heterocycles. The molecule has 0 fully saturated rings. The number of rotatable bonds is 5. The van der Waals surface area contributed by atoms with Gasteiger partial charge in [-0.05, 0) is 48.7 Å². The van der Waals surface area contributed by atoms with Gasteiger partial charge in [0, 0.05) is 34.4 Å². The molecule has 5 heteroatoms. The molecule has 1 aromatic heterocycles. The van der Waals surface area contributed by atoms with Gasteiger partial charge < -0.3 is 20.1 Å². The zero-order valence-electron chi connectivity index (χ0n) is 15.7. The quantitative estimate of drug-likeness (QED) is 0.412. The summed E-state index contributed by atoms with van der Waals surface area (Å²) in [6.45, 7) is 9.91. The Morgan fingerprint density at radius 2 is 1.89 bits per heavy atom. The SMILES string of the molecule is C=C(S)N(/C(=C\C)c1cc(C(C)C)c(O)cc1O)c1ccc2[nH]ccc2c1. The lowest BCUT2D eigenvalue weighted by Crippen LogP contribution is -2.18. The summed E-state index contributed by atoms with van der Waals surface area (Å²) in [7, 11) is 0. The van der Waals surface area contributed by atoms with Crippen molar-refractivity contribution in [2.45, 2.75) is 26.7 Å².